The molecule has 6 nitrogen and oxygen atoms in total. The van der Waals surface area contributed by atoms with Crippen LogP contribution in [0.4, 0.5) is 0 Å². The summed E-state index contributed by atoms with van der Waals surface area (Å²) in [4.78, 5) is 12.1. The van der Waals surface area contributed by atoms with Gasteiger partial charge in [-0.2, -0.15) is 0 Å². The molecule has 0 fully saturated rings. The van der Waals surface area contributed by atoms with Crippen LogP contribution in [-0.4, -0.2) is 35.7 Å². The number of allylic oxidation sites excluding steroid dienone is 2. The summed E-state index contributed by atoms with van der Waals surface area (Å²) in [6, 6.07) is 11.5. The lowest BCUT2D eigenvalue weighted by Gasteiger charge is -2.44. The molecule has 1 aliphatic carbocycles. The van der Waals surface area contributed by atoms with Crippen molar-refractivity contribution in [1.82, 2.24) is 4.31 Å². The molecule has 4 rings (SSSR count). The molecule has 37 heavy (non-hydrogen) atoms. The first kappa shape index (κ1) is 27.3. The Morgan fingerprint density at radius 1 is 1.19 bits per heavy atom. The average Bonchev–Trinajstić information content (AvgIpc) is 2.75. The molecule has 2 unspecified atom stereocenters. The first-order valence-electron chi connectivity index (χ1n) is 12.3. The second kappa shape index (κ2) is 9.52. The summed E-state index contributed by atoms with van der Waals surface area (Å²) in [5, 5.41) is 10.5. The predicted molar refractivity (Wildman–Crippen MR) is 147 cm³/mol. The Kier molecular flexibility index (Phi) is 7.01. The number of fused-ring (bicyclic) bond motifs is 2. The largest absolute Gasteiger partial charge is 0.488 e. The summed E-state index contributed by atoms with van der Waals surface area (Å²) in [7, 11) is -3.65. The Balaban J connectivity index is 2.07. The number of sulfonamides is 1. The van der Waals surface area contributed by atoms with Gasteiger partial charge >= 0.3 is 5.97 Å². The van der Waals surface area contributed by atoms with Gasteiger partial charge in [-0.3, -0.25) is 9.10 Å². The summed E-state index contributed by atoms with van der Waals surface area (Å²) < 4.78 is 33.8. The number of rotatable bonds is 5. The Bertz CT molecular complexity index is 1450. The number of aliphatic carboxylic acids is 1. The third-order valence-corrected chi connectivity index (χ3v) is 8.44. The quantitative estimate of drug-likeness (QED) is 0.463. The molecule has 0 spiro atoms. The normalized spacial score (nSPS) is 20.1. The lowest BCUT2D eigenvalue weighted by molar-refractivity contribution is -0.136. The van der Waals surface area contributed by atoms with Gasteiger partial charge in [0.25, 0.3) is 0 Å². The molecule has 2 aliphatic rings. The van der Waals surface area contributed by atoms with E-state index >= 15 is 0 Å². The molecule has 0 aromatic heterocycles. The molecule has 0 amide bonds. The number of carboxylic acids is 1. The van der Waals surface area contributed by atoms with E-state index in [1.807, 2.05) is 77.9 Å². The van der Waals surface area contributed by atoms with E-state index in [1.165, 1.54) is 10.6 Å². The molecule has 0 saturated carbocycles. The topological polar surface area (TPSA) is 83.9 Å². The number of carboxylic acid groups (broad SMARTS) is 1. The molecule has 2 atom stereocenters. The maximum Gasteiger partial charge on any atom is 0.307 e. The third kappa shape index (κ3) is 5.16. The standard InChI is InChI=1S/C29H34ClNO5S/c1-16-11-12-20(23(13-16)36-29(4,5)6)25-18(3)26-27-19(9-8-10-22(27)30)15-31(37(7,34)35)28(26)17(2)21(25)14-24(32)33/h8-13,18,25H,14-15H2,1-7H3,(H,32,33). The van der Waals surface area contributed by atoms with Crippen molar-refractivity contribution in [1.29, 1.82) is 0 Å². The van der Waals surface area contributed by atoms with Crippen molar-refractivity contribution in [2.24, 2.45) is 5.92 Å². The molecular formula is C29H34ClNO5S. The zero-order chi connectivity index (χ0) is 27.4. The summed E-state index contributed by atoms with van der Waals surface area (Å²) in [5.74, 6) is -0.905. The highest BCUT2D eigenvalue weighted by Crippen LogP contribution is 2.55. The highest BCUT2D eigenvalue weighted by atomic mass is 35.5. The van der Waals surface area contributed by atoms with Crippen molar-refractivity contribution in [2.75, 3.05) is 6.26 Å². The van der Waals surface area contributed by atoms with Crippen LogP contribution in [0.15, 0.2) is 53.2 Å². The molecule has 1 N–H and O–H groups in total. The summed E-state index contributed by atoms with van der Waals surface area (Å²) in [5.41, 5.74) is 5.77. The second-order valence-electron chi connectivity index (χ2n) is 11.0. The van der Waals surface area contributed by atoms with Gasteiger partial charge < -0.3 is 9.84 Å². The third-order valence-electron chi connectivity index (χ3n) is 7.02. The van der Waals surface area contributed by atoms with E-state index in [9.17, 15) is 18.3 Å². The maximum atomic E-state index is 13.0. The molecule has 0 bridgehead atoms. The molecule has 0 saturated heterocycles. The monoisotopic (exact) mass is 543 g/mol. The van der Waals surface area contributed by atoms with Crippen LogP contribution in [0.25, 0.3) is 5.57 Å². The number of hydrogen-bond acceptors (Lipinski definition) is 4. The van der Waals surface area contributed by atoms with Gasteiger partial charge in [0, 0.05) is 22.1 Å². The minimum atomic E-state index is -3.65. The number of halogens is 1. The van der Waals surface area contributed by atoms with E-state index in [1.54, 1.807) is 0 Å². The molecule has 1 heterocycles. The first-order valence-corrected chi connectivity index (χ1v) is 14.5. The highest BCUT2D eigenvalue weighted by molar-refractivity contribution is 7.88. The zero-order valence-electron chi connectivity index (χ0n) is 22.3. The van der Waals surface area contributed by atoms with Crippen molar-refractivity contribution in [3.63, 3.8) is 0 Å². The molecule has 2 aromatic rings. The van der Waals surface area contributed by atoms with Crippen molar-refractivity contribution in [2.45, 2.75) is 66.0 Å². The van der Waals surface area contributed by atoms with Crippen LogP contribution in [0.3, 0.4) is 0 Å². The Morgan fingerprint density at radius 2 is 1.86 bits per heavy atom. The van der Waals surface area contributed by atoms with Gasteiger partial charge in [0.15, 0.2) is 0 Å². The van der Waals surface area contributed by atoms with Crippen molar-refractivity contribution in [3.8, 4) is 5.75 Å². The first-order chi connectivity index (χ1) is 17.1. The minimum absolute atomic E-state index is 0.144. The lowest BCUT2D eigenvalue weighted by Crippen LogP contribution is -2.38. The summed E-state index contributed by atoms with van der Waals surface area (Å²) in [6.45, 7) is 11.9. The zero-order valence-corrected chi connectivity index (χ0v) is 23.9. The minimum Gasteiger partial charge on any atom is -0.488 e. The van der Waals surface area contributed by atoms with Gasteiger partial charge in [-0.25, -0.2) is 8.42 Å². The smallest absolute Gasteiger partial charge is 0.307 e. The van der Waals surface area contributed by atoms with Crippen LogP contribution < -0.4 is 4.74 Å². The van der Waals surface area contributed by atoms with E-state index in [-0.39, 0.29) is 24.8 Å². The molecule has 8 heteroatoms. The predicted octanol–water partition coefficient (Wildman–Crippen LogP) is 6.54. The van der Waals surface area contributed by atoms with Crippen LogP contribution in [0.5, 0.6) is 5.75 Å². The van der Waals surface area contributed by atoms with Crippen LogP contribution >= 0.6 is 11.6 Å². The number of ether oxygens (including phenoxy) is 1. The SMILES string of the molecule is CC1=C(CC(=O)O)C(c2ccc(C)cc2OC(C)(C)C)C(C)C2=C1N(S(C)(=O)=O)Cc1cccc(Cl)c12. The van der Waals surface area contributed by atoms with Gasteiger partial charge in [-0.05, 0) is 80.5 Å². The van der Waals surface area contributed by atoms with E-state index < -0.39 is 21.6 Å². The molecule has 2 aromatic carbocycles. The van der Waals surface area contributed by atoms with E-state index in [2.05, 4.69) is 0 Å². The molecule has 1 aliphatic heterocycles. The van der Waals surface area contributed by atoms with Crippen molar-refractivity contribution >= 4 is 33.2 Å². The Hall–Kier alpha value is -2.77. The van der Waals surface area contributed by atoms with Gasteiger partial charge in [-0.15, -0.1) is 0 Å². The Morgan fingerprint density at radius 3 is 2.46 bits per heavy atom. The molecule has 0 radical (unpaired) electrons. The summed E-state index contributed by atoms with van der Waals surface area (Å²) >= 11 is 6.75. The van der Waals surface area contributed by atoms with E-state index in [0.717, 1.165) is 27.8 Å². The maximum absolute atomic E-state index is 13.0. The Labute approximate surface area is 224 Å². The average molecular weight is 544 g/mol. The fraction of sp³-hybridized carbons (Fsp3) is 0.414. The van der Waals surface area contributed by atoms with Crippen molar-refractivity contribution < 1.29 is 23.1 Å². The summed E-state index contributed by atoms with van der Waals surface area (Å²) in [6.07, 6.45) is 0.969. The van der Waals surface area contributed by atoms with Crippen LogP contribution in [0.1, 0.15) is 69.2 Å². The fourth-order valence-corrected chi connectivity index (χ4v) is 6.87. The van der Waals surface area contributed by atoms with E-state index in [0.29, 0.717) is 27.6 Å². The van der Waals surface area contributed by atoms with Gasteiger partial charge in [0.2, 0.25) is 10.0 Å². The lowest BCUT2D eigenvalue weighted by atomic mass is 9.67. The molecular weight excluding hydrogens is 510 g/mol. The number of carbonyl (C=O) groups is 1. The van der Waals surface area contributed by atoms with Gasteiger partial charge in [-0.1, -0.05) is 42.8 Å². The van der Waals surface area contributed by atoms with Gasteiger partial charge in [0.05, 0.1) is 24.9 Å². The van der Waals surface area contributed by atoms with Crippen LogP contribution in [-0.2, 0) is 21.4 Å². The molecule has 198 valence electrons. The fourth-order valence-electron chi connectivity index (χ4n) is 5.64. The van der Waals surface area contributed by atoms with E-state index in [4.69, 9.17) is 16.3 Å². The highest BCUT2D eigenvalue weighted by Gasteiger charge is 2.43. The number of benzene rings is 2. The van der Waals surface area contributed by atoms with Gasteiger partial charge in [0.1, 0.15) is 11.4 Å². The van der Waals surface area contributed by atoms with Crippen LogP contribution in [0.2, 0.25) is 5.02 Å². The number of nitrogens with zero attached hydrogens (tertiary/aromatic N) is 1. The number of aryl methyl sites for hydroxylation is 1. The number of hydrogen-bond donors (Lipinski definition) is 1. The van der Waals surface area contributed by atoms with Crippen molar-refractivity contribution in [3.05, 3.63) is 80.5 Å². The second-order valence-corrected chi connectivity index (χ2v) is 13.4. The van der Waals surface area contributed by atoms with Crippen LogP contribution in [0, 0.1) is 12.8 Å².